The van der Waals surface area contributed by atoms with E-state index in [0.29, 0.717) is 11.3 Å². The number of benzene rings is 1. The lowest BCUT2D eigenvalue weighted by molar-refractivity contribution is -0.757. The van der Waals surface area contributed by atoms with E-state index < -0.39 is 11.1 Å². The first-order valence-electron chi connectivity index (χ1n) is 5.99. The molecule has 1 aromatic carbocycles. The molecule has 0 saturated carbocycles. The Morgan fingerprint density at radius 1 is 1.52 bits per heavy atom. The maximum Gasteiger partial charge on any atom is 0.308 e. The first kappa shape index (κ1) is 14.6. The number of rotatable bonds is 5. The molecule has 0 fully saturated rings. The number of esters is 1. The third kappa shape index (κ3) is 3.59. The van der Waals surface area contributed by atoms with Crippen LogP contribution in [0.5, 0.6) is 11.5 Å². The van der Waals surface area contributed by atoms with Gasteiger partial charge in [0.05, 0.1) is 5.56 Å². The highest BCUT2D eigenvalue weighted by molar-refractivity contribution is 5.98. The van der Waals surface area contributed by atoms with Crippen molar-refractivity contribution in [3.63, 3.8) is 0 Å². The van der Waals surface area contributed by atoms with Crippen molar-refractivity contribution in [3.8, 4) is 11.5 Å². The van der Waals surface area contributed by atoms with Crippen LogP contribution in [0.2, 0.25) is 0 Å². The molecule has 112 valence electrons. The van der Waals surface area contributed by atoms with Crippen LogP contribution >= 0.6 is 0 Å². The van der Waals surface area contributed by atoms with Crippen LogP contribution in [0.3, 0.4) is 0 Å². The van der Waals surface area contributed by atoms with E-state index in [1.807, 2.05) is 0 Å². The van der Waals surface area contributed by atoms with Gasteiger partial charge in [-0.2, -0.15) is 0 Å². The summed E-state index contributed by atoms with van der Waals surface area (Å²) in [4.78, 5) is 38.5. The predicted octanol–water partition coefficient (Wildman–Crippen LogP) is 0.612. The summed E-state index contributed by atoms with van der Waals surface area (Å²) in [5.74, 6) is -0.238. The Hall–Kier alpha value is -2.84. The molecule has 0 unspecified atom stereocenters. The van der Waals surface area contributed by atoms with Gasteiger partial charge >= 0.3 is 5.97 Å². The average molecular weight is 296 g/mol. The largest absolute Gasteiger partial charge is 0.472 e. The molecule has 1 aliphatic rings. The van der Waals surface area contributed by atoms with Crippen molar-refractivity contribution in [1.82, 2.24) is 4.90 Å². The van der Waals surface area contributed by atoms with Gasteiger partial charge in [0.15, 0.2) is 6.73 Å². The van der Waals surface area contributed by atoms with Gasteiger partial charge in [-0.1, -0.05) is 0 Å². The predicted molar refractivity (Wildman–Crippen MR) is 67.2 cm³/mol. The zero-order valence-corrected chi connectivity index (χ0v) is 11.1. The summed E-state index contributed by atoms with van der Waals surface area (Å²) >= 11 is 0. The van der Waals surface area contributed by atoms with E-state index in [-0.39, 0.29) is 31.5 Å². The molecule has 9 heteroatoms. The molecule has 0 spiro atoms. The summed E-state index contributed by atoms with van der Waals surface area (Å²) in [5.41, 5.74) is 0.290. The van der Waals surface area contributed by atoms with Gasteiger partial charge in [-0.25, -0.2) is 0 Å². The second kappa shape index (κ2) is 6.07. The van der Waals surface area contributed by atoms with Crippen LogP contribution < -0.4 is 9.47 Å². The fourth-order valence-corrected chi connectivity index (χ4v) is 1.80. The average Bonchev–Trinajstić information content (AvgIpc) is 2.40. The molecule has 1 aromatic rings. The van der Waals surface area contributed by atoms with Gasteiger partial charge in [-0.3, -0.25) is 9.59 Å². The van der Waals surface area contributed by atoms with Gasteiger partial charge in [-0.15, -0.1) is 10.1 Å². The highest BCUT2D eigenvalue weighted by Gasteiger charge is 2.26. The molecule has 21 heavy (non-hydrogen) atoms. The lowest BCUT2D eigenvalue weighted by Crippen LogP contribution is -2.40. The Kier molecular flexibility index (Phi) is 4.21. The van der Waals surface area contributed by atoms with E-state index in [4.69, 9.17) is 9.47 Å². The van der Waals surface area contributed by atoms with Crippen molar-refractivity contribution in [2.45, 2.75) is 6.92 Å². The number of nitrogens with zero attached hydrogens (tertiary/aromatic N) is 2. The molecule has 1 heterocycles. The zero-order chi connectivity index (χ0) is 15.4. The molecule has 1 aliphatic heterocycles. The molecule has 0 bridgehead atoms. The van der Waals surface area contributed by atoms with E-state index in [1.165, 1.54) is 30.0 Å². The Bertz CT molecular complexity index is 587. The van der Waals surface area contributed by atoms with Gasteiger partial charge in [0.2, 0.25) is 0 Å². The Morgan fingerprint density at radius 2 is 2.29 bits per heavy atom. The lowest BCUT2D eigenvalue weighted by atomic mass is 10.1. The molecule has 0 aromatic heterocycles. The fourth-order valence-electron chi connectivity index (χ4n) is 1.80. The van der Waals surface area contributed by atoms with Crippen LogP contribution in [0.15, 0.2) is 18.2 Å². The molecule has 0 saturated heterocycles. The van der Waals surface area contributed by atoms with Crippen LogP contribution in [-0.4, -0.2) is 41.7 Å². The monoisotopic (exact) mass is 296 g/mol. The standard InChI is InChI=1S/C12H12N2O7/c1-8(15)21-9-2-3-10-11(6-9)19-7-13(12(10)16)4-5-20-14(17)18/h2-3,6H,4-5,7H2,1H3. The number of amides is 1. The molecule has 0 radical (unpaired) electrons. The number of fused-ring (bicyclic) bond motifs is 1. The Labute approximate surface area is 119 Å². The second-order valence-electron chi connectivity index (χ2n) is 4.15. The topological polar surface area (TPSA) is 108 Å². The number of ether oxygens (including phenoxy) is 2. The normalized spacial score (nSPS) is 13.2. The second-order valence-corrected chi connectivity index (χ2v) is 4.15. The summed E-state index contributed by atoms with van der Waals surface area (Å²) in [6, 6.07) is 4.38. The van der Waals surface area contributed by atoms with Gasteiger partial charge < -0.3 is 19.2 Å². The van der Waals surface area contributed by atoms with Crippen LogP contribution in [-0.2, 0) is 9.63 Å². The first-order chi connectivity index (χ1) is 9.97. The minimum Gasteiger partial charge on any atom is -0.472 e. The molecule has 0 atom stereocenters. The molecule has 2 rings (SSSR count). The minimum atomic E-state index is -0.922. The number of hydrogen-bond donors (Lipinski definition) is 0. The van der Waals surface area contributed by atoms with Crippen LogP contribution in [0.1, 0.15) is 17.3 Å². The molecule has 0 aliphatic carbocycles. The highest BCUT2D eigenvalue weighted by Crippen LogP contribution is 2.29. The van der Waals surface area contributed by atoms with Crippen molar-refractivity contribution >= 4 is 11.9 Å². The molecule has 9 nitrogen and oxygen atoms in total. The van der Waals surface area contributed by atoms with E-state index in [1.54, 1.807) is 0 Å². The van der Waals surface area contributed by atoms with Crippen molar-refractivity contribution in [3.05, 3.63) is 33.9 Å². The Balaban J connectivity index is 2.06. The van der Waals surface area contributed by atoms with Gasteiger partial charge in [0, 0.05) is 19.5 Å². The smallest absolute Gasteiger partial charge is 0.308 e. The van der Waals surface area contributed by atoms with Crippen LogP contribution in [0.4, 0.5) is 0 Å². The minimum absolute atomic E-state index is 0.0327. The number of carbonyl (C=O) groups excluding carboxylic acids is 2. The molecule has 1 amide bonds. The van der Waals surface area contributed by atoms with Gasteiger partial charge in [-0.05, 0) is 12.1 Å². The fraction of sp³-hybridized carbons (Fsp3) is 0.333. The van der Waals surface area contributed by atoms with Crippen molar-refractivity contribution in [2.75, 3.05) is 19.9 Å². The Morgan fingerprint density at radius 3 is 2.95 bits per heavy atom. The van der Waals surface area contributed by atoms with E-state index in [9.17, 15) is 19.7 Å². The summed E-state index contributed by atoms with van der Waals surface area (Å²) in [6.45, 7) is 1.01. The number of hydrogen-bond acceptors (Lipinski definition) is 7. The van der Waals surface area contributed by atoms with Crippen molar-refractivity contribution in [2.24, 2.45) is 0 Å². The van der Waals surface area contributed by atoms with Crippen LogP contribution in [0, 0.1) is 10.1 Å². The maximum atomic E-state index is 12.1. The van der Waals surface area contributed by atoms with E-state index in [2.05, 4.69) is 4.84 Å². The summed E-state index contributed by atoms with van der Waals surface area (Å²) in [5, 5.41) is 9.13. The third-order valence-corrected chi connectivity index (χ3v) is 2.67. The zero-order valence-electron chi connectivity index (χ0n) is 11.1. The highest BCUT2D eigenvalue weighted by atomic mass is 16.9. The maximum absolute atomic E-state index is 12.1. The summed E-state index contributed by atoms with van der Waals surface area (Å²) < 4.78 is 10.3. The van der Waals surface area contributed by atoms with Crippen molar-refractivity contribution in [1.29, 1.82) is 0 Å². The first-order valence-corrected chi connectivity index (χ1v) is 5.99. The molecular weight excluding hydrogens is 284 g/mol. The quantitative estimate of drug-likeness (QED) is 0.339. The summed E-state index contributed by atoms with van der Waals surface area (Å²) in [6.07, 6.45) is 0. The SMILES string of the molecule is CC(=O)Oc1ccc2c(c1)OCN(CCO[N+](=O)[O-])C2=O. The van der Waals surface area contributed by atoms with Crippen LogP contribution in [0.25, 0.3) is 0 Å². The lowest BCUT2D eigenvalue weighted by Gasteiger charge is -2.28. The van der Waals surface area contributed by atoms with E-state index in [0.717, 1.165) is 0 Å². The van der Waals surface area contributed by atoms with Gasteiger partial charge in [0.1, 0.15) is 18.1 Å². The number of carbonyl (C=O) groups is 2. The van der Waals surface area contributed by atoms with E-state index >= 15 is 0 Å². The molecular formula is C12H12N2O7. The summed E-state index contributed by atoms with van der Waals surface area (Å²) in [7, 11) is 0. The molecule has 0 N–H and O–H groups in total. The van der Waals surface area contributed by atoms with Crippen molar-refractivity contribution < 1.29 is 29.0 Å². The van der Waals surface area contributed by atoms with Gasteiger partial charge in [0.25, 0.3) is 11.0 Å². The third-order valence-electron chi connectivity index (χ3n) is 2.67.